The van der Waals surface area contributed by atoms with Gasteiger partial charge in [-0.05, 0) is 24.3 Å². The molecular weight excluding hydrogens is 223 g/mol. The van der Waals surface area contributed by atoms with Crippen LogP contribution in [-0.4, -0.2) is 16.1 Å². The molecule has 1 heterocycles. The topological polar surface area (TPSA) is 83.8 Å². The monoisotopic (exact) mass is 234 g/mol. The first kappa shape index (κ1) is 11.1. The van der Waals surface area contributed by atoms with Crippen LogP contribution < -0.4 is 11.1 Å². The van der Waals surface area contributed by atoms with Crippen molar-refractivity contribution >= 4 is 11.7 Å². The number of rotatable bonds is 3. The molecule has 0 unspecified atom stereocenters. The van der Waals surface area contributed by atoms with Crippen LogP contribution in [0.1, 0.15) is 15.9 Å². The second-order valence-corrected chi connectivity index (χ2v) is 3.50. The van der Waals surface area contributed by atoms with E-state index >= 15 is 0 Å². The van der Waals surface area contributed by atoms with Gasteiger partial charge in [0.25, 0.3) is 5.91 Å². The van der Waals surface area contributed by atoms with Gasteiger partial charge in [0.2, 0.25) is 0 Å². The average molecular weight is 234 g/mol. The molecule has 0 aliphatic rings. The average Bonchev–Trinajstić information content (AvgIpc) is 2.73. The van der Waals surface area contributed by atoms with E-state index in [9.17, 15) is 9.18 Å². The number of carbonyl (C=O) groups excluding carboxylic acids is 1. The van der Waals surface area contributed by atoms with Gasteiger partial charge in [0.1, 0.15) is 11.6 Å². The van der Waals surface area contributed by atoms with Crippen molar-refractivity contribution < 1.29 is 9.18 Å². The molecule has 2 rings (SSSR count). The predicted octanol–water partition coefficient (Wildman–Crippen LogP) is 1.06. The molecule has 0 radical (unpaired) electrons. The van der Waals surface area contributed by atoms with Crippen molar-refractivity contribution in [3.8, 4) is 0 Å². The summed E-state index contributed by atoms with van der Waals surface area (Å²) in [6, 6.07) is 5.31. The van der Waals surface area contributed by atoms with Crippen molar-refractivity contribution in [3.05, 3.63) is 47.4 Å². The molecule has 0 aliphatic carbocycles. The highest BCUT2D eigenvalue weighted by Crippen LogP contribution is 2.06. The molecule has 2 aromatic rings. The number of H-pyrrole nitrogens is 1. The summed E-state index contributed by atoms with van der Waals surface area (Å²) in [5.74, 6) is -0.240. The molecule has 5 nitrogen and oxygen atoms in total. The normalized spacial score (nSPS) is 10.2. The zero-order valence-electron chi connectivity index (χ0n) is 8.90. The quantitative estimate of drug-likeness (QED) is 0.742. The number of anilines is 1. The second kappa shape index (κ2) is 4.65. The fourth-order valence-electron chi connectivity index (χ4n) is 1.34. The molecule has 0 spiro atoms. The van der Waals surface area contributed by atoms with Gasteiger partial charge in [0, 0.05) is 17.7 Å². The zero-order chi connectivity index (χ0) is 12.3. The molecule has 88 valence electrons. The minimum absolute atomic E-state index is 0.276. The summed E-state index contributed by atoms with van der Waals surface area (Å²) in [6.07, 6.45) is 1.54. The Morgan fingerprint density at radius 3 is 2.71 bits per heavy atom. The largest absolute Gasteiger partial charge is 0.384 e. The Labute approximate surface area is 96.8 Å². The van der Waals surface area contributed by atoms with Gasteiger partial charge < -0.3 is 11.1 Å². The van der Waals surface area contributed by atoms with Crippen molar-refractivity contribution in [1.82, 2.24) is 15.5 Å². The van der Waals surface area contributed by atoms with Crippen LogP contribution >= 0.6 is 0 Å². The number of hydrogen-bond acceptors (Lipinski definition) is 3. The van der Waals surface area contributed by atoms with Crippen molar-refractivity contribution in [2.45, 2.75) is 6.54 Å². The van der Waals surface area contributed by atoms with Crippen molar-refractivity contribution in [3.63, 3.8) is 0 Å². The molecule has 6 heteroatoms. The number of nitrogen functional groups attached to an aromatic ring is 1. The van der Waals surface area contributed by atoms with E-state index in [1.54, 1.807) is 6.20 Å². The van der Waals surface area contributed by atoms with Crippen LogP contribution in [-0.2, 0) is 6.54 Å². The molecule has 4 N–H and O–H groups in total. The number of aromatic amines is 1. The maximum Gasteiger partial charge on any atom is 0.251 e. The fraction of sp³-hybridized carbons (Fsp3) is 0.0909. The highest BCUT2D eigenvalue weighted by Gasteiger charge is 2.07. The number of nitrogens with zero attached hydrogens (tertiary/aromatic N) is 1. The highest BCUT2D eigenvalue weighted by atomic mass is 19.1. The van der Waals surface area contributed by atoms with Crippen LogP contribution in [0, 0.1) is 5.82 Å². The van der Waals surface area contributed by atoms with Gasteiger partial charge in [-0.3, -0.25) is 9.89 Å². The second-order valence-electron chi connectivity index (χ2n) is 3.50. The van der Waals surface area contributed by atoms with Crippen LogP contribution in [0.2, 0.25) is 0 Å². The Bertz CT molecular complexity index is 521. The third-order valence-electron chi connectivity index (χ3n) is 2.30. The van der Waals surface area contributed by atoms with E-state index in [0.29, 0.717) is 16.9 Å². The third kappa shape index (κ3) is 2.60. The van der Waals surface area contributed by atoms with E-state index < -0.39 is 0 Å². The van der Waals surface area contributed by atoms with Crippen LogP contribution in [0.15, 0.2) is 30.5 Å². The minimum atomic E-state index is -0.374. The van der Waals surface area contributed by atoms with Gasteiger partial charge in [0.05, 0.1) is 6.20 Å². The predicted molar refractivity (Wildman–Crippen MR) is 60.6 cm³/mol. The molecule has 0 fully saturated rings. The first-order chi connectivity index (χ1) is 8.16. The standard InChI is InChI=1S/C11H11FN4O/c12-9-3-1-7(2-4-9)11(17)14-5-8-6-15-16-10(8)13/h1-4,6H,5H2,(H,14,17)(H3,13,15,16). The van der Waals surface area contributed by atoms with Crippen LogP contribution in [0.25, 0.3) is 0 Å². The van der Waals surface area contributed by atoms with Gasteiger partial charge in [0.15, 0.2) is 0 Å². The summed E-state index contributed by atoms with van der Waals surface area (Å²) in [5, 5.41) is 8.96. The molecule has 0 saturated heterocycles. The smallest absolute Gasteiger partial charge is 0.251 e. The van der Waals surface area contributed by atoms with Gasteiger partial charge in [-0.2, -0.15) is 5.10 Å². The summed E-state index contributed by atoms with van der Waals surface area (Å²) < 4.78 is 12.7. The summed E-state index contributed by atoms with van der Waals surface area (Å²) >= 11 is 0. The van der Waals surface area contributed by atoms with Crippen molar-refractivity contribution in [2.75, 3.05) is 5.73 Å². The van der Waals surface area contributed by atoms with Crippen molar-refractivity contribution in [2.24, 2.45) is 0 Å². The molecule has 0 saturated carbocycles. The lowest BCUT2D eigenvalue weighted by Gasteiger charge is -2.04. The Morgan fingerprint density at radius 2 is 2.12 bits per heavy atom. The molecule has 1 aromatic heterocycles. The number of aromatic nitrogens is 2. The number of carbonyl (C=O) groups is 1. The molecule has 1 amide bonds. The van der Waals surface area contributed by atoms with E-state index in [4.69, 9.17) is 5.73 Å². The Kier molecular flexibility index (Phi) is 3.04. The first-order valence-corrected chi connectivity index (χ1v) is 4.98. The number of nitrogens with two attached hydrogens (primary N) is 1. The van der Waals surface area contributed by atoms with E-state index in [2.05, 4.69) is 15.5 Å². The summed E-state index contributed by atoms with van der Waals surface area (Å²) in [6.45, 7) is 0.276. The molecular formula is C11H11FN4O. The van der Waals surface area contributed by atoms with Crippen LogP contribution in [0.4, 0.5) is 10.2 Å². The zero-order valence-corrected chi connectivity index (χ0v) is 8.90. The lowest BCUT2D eigenvalue weighted by atomic mass is 10.2. The number of amides is 1. The first-order valence-electron chi connectivity index (χ1n) is 4.98. The Hall–Kier alpha value is -2.37. The Morgan fingerprint density at radius 1 is 1.41 bits per heavy atom. The fourth-order valence-corrected chi connectivity index (χ4v) is 1.34. The number of hydrogen-bond donors (Lipinski definition) is 3. The molecule has 1 aromatic carbocycles. The number of benzene rings is 1. The summed E-state index contributed by atoms with van der Waals surface area (Å²) in [5.41, 5.74) is 6.67. The molecule has 17 heavy (non-hydrogen) atoms. The van der Waals surface area contributed by atoms with E-state index in [0.717, 1.165) is 0 Å². The maximum absolute atomic E-state index is 12.7. The van der Waals surface area contributed by atoms with Crippen LogP contribution in [0.3, 0.4) is 0 Å². The van der Waals surface area contributed by atoms with E-state index in [-0.39, 0.29) is 18.3 Å². The number of halogens is 1. The van der Waals surface area contributed by atoms with E-state index in [1.165, 1.54) is 24.3 Å². The molecule has 0 aliphatic heterocycles. The minimum Gasteiger partial charge on any atom is -0.384 e. The summed E-state index contributed by atoms with van der Waals surface area (Å²) in [4.78, 5) is 11.7. The summed E-state index contributed by atoms with van der Waals surface area (Å²) in [7, 11) is 0. The van der Waals surface area contributed by atoms with Gasteiger partial charge >= 0.3 is 0 Å². The molecule has 0 atom stereocenters. The SMILES string of the molecule is Nc1[nH]ncc1CNC(=O)c1ccc(F)cc1. The Balaban J connectivity index is 1.98. The van der Waals surface area contributed by atoms with Gasteiger partial charge in [-0.1, -0.05) is 0 Å². The van der Waals surface area contributed by atoms with Crippen molar-refractivity contribution in [1.29, 1.82) is 0 Å². The third-order valence-corrected chi connectivity index (χ3v) is 2.30. The van der Waals surface area contributed by atoms with Gasteiger partial charge in [-0.15, -0.1) is 0 Å². The highest BCUT2D eigenvalue weighted by molar-refractivity contribution is 5.94. The lowest BCUT2D eigenvalue weighted by Crippen LogP contribution is -2.22. The van der Waals surface area contributed by atoms with Crippen LogP contribution in [0.5, 0.6) is 0 Å². The van der Waals surface area contributed by atoms with Gasteiger partial charge in [-0.25, -0.2) is 4.39 Å². The maximum atomic E-state index is 12.7. The van der Waals surface area contributed by atoms with E-state index in [1.807, 2.05) is 0 Å². The molecule has 0 bridgehead atoms. The number of nitrogens with one attached hydrogen (secondary N) is 2. The lowest BCUT2D eigenvalue weighted by molar-refractivity contribution is 0.0951.